The van der Waals surface area contributed by atoms with E-state index in [1.54, 1.807) is 37.5 Å². The highest BCUT2D eigenvalue weighted by atomic mass is 16.5. The Balaban J connectivity index is 1.95. The largest absolute Gasteiger partial charge is 0.508 e. The van der Waals surface area contributed by atoms with Crippen molar-refractivity contribution in [3.05, 3.63) is 77.0 Å². The number of phenolic OH excluding ortho intramolecular Hbond substituents is 1. The van der Waals surface area contributed by atoms with Gasteiger partial charge >= 0.3 is 0 Å². The molecule has 0 spiro atoms. The molecule has 0 saturated carbocycles. The first kappa shape index (κ1) is 18.8. The van der Waals surface area contributed by atoms with E-state index >= 15 is 0 Å². The Kier molecular flexibility index (Phi) is 6.84. The van der Waals surface area contributed by atoms with Crippen LogP contribution < -0.4 is 4.74 Å². The number of ether oxygens (including phenoxy) is 1. The molecular weight excluding hydrogens is 316 g/mol. The average Bonchev–Trinajstić information content (AvgIpc) is 2.62. The molecular formula is C21H24O4. The topological polar surface area (TPSA) is 69.9 Å². The minimum Gasteiger partial charge on any atom is -0.508 e. The summed E-state index contributed by atoms with van der Waals surface area (Å²) in [7, 11) is 1.60. The number of hydrogen-bond donors (Lipinski definition) is 3. The van der Waals surface area contributed by atoms with E-state index in [1.165, 1.54) is 0 Å². The maximum absolute atomic E-state index is 10.3. The first-order chi connectivity index (χ1) is 12.0. The minimum absolute atomic E-state index is 0.0824. The Morgan fingerprint density at radius 3 is 2.40 bits per heavy atom. The maximum Gasteiger partial charge on any atom is 0.121 e. The quantitative estimate of drug-likeness (QED) is 0.665. The molecule has 0 fully saturated rings. The summed E-state index contributed by atoms with van der Waals surface area (Å²) in [4.78, 5) is 0. The lowest BCUT2D eigenvalue weighted by molar-refractivity contribution is 0.177. The summed E-state index contributed by atoms with van der Waals surface area (Å²) in [5.74, 6) is 0.834. The van der Waals surface area contributed by atoms with Crippen LogP contribution in [-0.4, -0.2) is 22.4 Å². The van der Waals surface area contributed by atoms with Crippen LogP contribution in [0.2, 0.25) is 0 Å². The molecule has 0 radical (unpaired) electrons. The summed E-state index contributed by atoms with van der Waals surface area (Å²) in [6.45, 7) is 1.88. The number of benzene rings is 2. The Morgan fingerprint density at radius 1 is 1.08 bits per heavy atom. The van der Waals surface area contributed by atoms with Gasteiger partial charge in [0.15, 0.2) is 0 Å². The zero-order valence-corrected chi connectivity index (χ0v) is 14.5. The van der Waals surface area contributed by atoms with Crippen LogP contribution >= 0.6 is 0 Å². The van der Waals surface area contributed by atoms with Gasteiger partial charge in [0.05, 0.1) is 19.3 Å². The number of phenols is 1. The van der Waals surface area contributed by atoms with Gasteiger partial charge in [0.1, 0.15) is 11.5 Å². The average molecular weight is 340 g/mol. The second kappa shape index (κ2) is 9.09. The number of rotatable bonds is 7. The molecule has 0 amide bonds. The van der Waals surface area contributed by atoms with E-state index < -0.39 is 12.2 Å². The number of hydrogen-bond acceptors (Lipinski definition) is 4. The normalized spacial score (nSPS) is 12.8. The first-order valence-corrected chi connectivity index (χ1v) is 8.20. The smallest absolute Gasteiger partial charge is 0.121 e. The van der Waals surface area contributed by atoms with Crippen LogP contribution in [0.5, 0.6) is 11.5 Å². The highest BCUT2D eigenvalue weighted by Gasteiger charge is 2.10. The van der Waals surface area contributed by atoms with Crippen molar-refractivity contribution in [2.24, 2.45) is 0 Å². The molecule has 132 valence electrons. The third-order valence-corrected chi connectivity index (χ3v) is 3.99. The molecule has 2 atom stereocenters. The van der Waals surface area contributed by atoms with Gasteiger partial charge in [-0.3, -0.25) is 0 Å². The predicted molar refractivity (Wildman–Crippen MR) is 97.5 cm³/mol. The van der Waals surface area contributed by atoms with E-state index in [-0.39, 0.29) is 5.75 Å². The van der Waals surface area contributed by atoms with Crippen LogP contribution in [0.4, 0.5) is 0 Å². The Hall–Kier alpha value is -2.52. The summed E-state index contributed by atoms with van der Waals surface area (Å²) in [6, 6.07) is 14.0. The van der Waals surface area contributed by atoms with Crippen LogP contribution in [0.25, 0.3) is 0 Å². The summed E-state index contributed by atoms with van der Waals surface area (Å²) in [5, 5.41) is 30.1. The molecule has 2 aromatic rings. The van der Waals surface area contributed by atoms with Crippen LogP contribution in [0.1, 0.15) is 43.1 Å². The van der Waals surface area contributed by atoms with E-state index in [4.69, 9.17) is 4.74 Å². The number of aliphatic hydroxyl groups is 2. The molecule has 0 aliphatic heterocycles. The van der Waals surface area contributed by atoms with Crippen molar-refractivity contribution in [2.45, 2.75) is 32.0 Å². The molecule has 0 aliphatic rings. The number of aromatic hydroxyl groups is 1. The molecule has 2 rings (SSSR count). The molecule has 2 aromatic carbocycles. The summed E-state index contributed by atoms with van der Waals surface area (Å²) < 4.78 is 5.10. The second-order valence-electron chi connectivity index (χ2n) is 5.93. The second-order valence-corrected chi connectivity index (χ2v) is 5.93. The van der Waals surface area contributed by atoms with Gasteiger partial charge in [-0.05, 0) is 42.3 Å². The fourth-order valence-corrected chi connectivity index (χ4v) is 2.53. The fraction of sp³-hybridized carbons (Fsp3) is 0.286. The van der Waals surface area contributed by atoms with Gasteiger partial charge in [0.25, 0.3) is 0 Å². The van der Waals surface area contributed by atoms with E-state index in [9.17, 15) is 15.3 Å². The van der Waals surface area contributed by atoms with E-state index in [1.807, 2.05) is 31.2 Å². The van der Waals surface area contributed by atoms with Crippen molar-refractivity contribution >= 4 is 0 Å². The van der Waals surface area contributed by atoms with Gasteiger partial charge in [0, 0.05) is 18.4 Å². The number of methoxy groups -OCH3 is 1. The van der Waals surface area contributed by atoms with Gasteiger partial charge in [-0.2, -0.15) is 0 Å². The molecule has 0 unspecified atom stereocenters. The maximum atomic E-state index is 10.3. The zero-order chi connectivity index (χ0) is 18.2. The molecule has 3 N–H and O–H groups in total. The van der Waals surface area contributed by atoms with Gasteiger partial charge in [0.2, 0.25) is 0 Å². The van der Waals surface area contributed by atoms with Crippen LogP contribution in [-0.2, 0) is 0 Å². The lowest BCUT2D eigenvalue weighted by Crippen LogP contribution is -1.98. The highest BCUT2D eigenvalue weighted by molar-refractivity contribution is 5.34. The van der Waals surface area contributed by atoms with Gasteiger partial charge < -0.3 is 20.1 Å². The lowest BCUT2D eigenvalue weighted by Gasteiger charge is -2.11. The van der Waals surface area contributed by atoms with Crippen LogP contribution in [0, 0.1) is 0 Å². The molecule has 0 bridgehead atoms. The van der Waals surface area contributed by atoms with E-state index in [0.717, 1.165) is 16.9 Å². The molecule has 4 nitrogen and oxygen atoms in total. The fourth-order valence-electron chi connectivity index (χ4n) is 2.53. The predicted octanol–water partition coefficient (Wildman–Crippen LogP) is 4.05. The standard InChI is InChI=1S/C21H24O4/c1-15(14-21(24)16-10-12-17(25-2)13-11-16)6-5-9-20(23)18-7-3-4-8-19(18)22/h3-5,7-8,10-13,20-24H,9,14H2,1-2H3/t6?,20-,21-/m1/s1. The van der Waals surface area contributed by atoms with Crippen molar-refractivity contribution in [1.82, 2.24) is 0 Å². The minimum atomic E-state index is -0.784. The summed E-state index contributed by atoms with van der Waals surface area (Å²) >= 11 is 0. The van der Waals surface area contributed by atoms with Crippen LogP contribution in [0.15, 0.2) is 65.9 Å². The van der Waals surface area contributed by atoms with E-state index in [0.29, 0.717) is 18.4 Å². The first-order valence-electron chi connectivity index (χ1n) is 8.20. The lowest BCUT2D eigenvalue weighted by atomic mass is 10.0. The van der Waals surface area contributed by atoms with Gasteiger partial charge in [-0.15, -0.1) is 5.73 Å². The number of aliphatic hydroxyl groups excluding tert-OH is 2. The Morgan fingerprint density at radius 2 is 1.76 bits per heavy atom. The van der Waals surface area contributed by atoms with Gasteiger partial charge in [-0.25, -0.2) is 0 Å². The molecule has 25 heavy (non-hydrogen) atoms. The van der Waals surface area contributed by atoms with Crippen molar-refractivity contribution in [3.63, 3.8) is 0 Å². The molecule has 0 aliphatic carbocycles. The molecule has 0 heterocycles. The monoisotopic (exact) mass is 340 g/mol. The third-order valence-electron chi connectivity index (χ3n) is 3.99. The van der Waals surface area contributed by atoms with Crippen molar-refractivity contribution in [3.8, 4) is 11.5 Å². The number of para-hydroxylation sites is 1. The third kappa shape index (κ3) is 5.50. The zero-order valence-electron chi connectivity index (χ0n) is 14.5. The SMILES string of the molecule is COc1ccc([C@H](O)CC(C)=C=CC[C@@H](O)c2ccccc2O)cc1. The Bertz CT molecular complexity index is 743. The molecule has 0 aromatic heterocycles. The van der Waals surface area contributed by atoms with Crippen molar-refractivity contribution in [1.29, 1.82) is 0 Å². The summed E-state index contributed by atoms with van der Waals surface area (Å²) in [6.07, 6.45) is 1.12. The highest BCUT2D eigenvalue weighted by Crippen LogP contribution is 2.26. The summed E-state index contributed by atoms with van der Waals surface area (Å²) in [5.41, 5.74) is 5.29. The van der Waals surface area contributed by atoms with Gasteiger partial charge in [-0.1, -0.05) is 30.3 Å². The van der Waals surface area contributed by atoms with Crippen molar-refractivity contribution < 1.29 is 20.1 Å². The van der Waals surface area contributed by atoms with Crippen LogP contribution in [0.3, 0.4) is 0 Å². The molecule has 0 saturated heterocycles. The Labute approximate surface area is 148 Å². The van der Waals surface area contributed by atoms with E-state index in [2.05, 4.69) is 5.73 Å². The van der Waals surface area contributed by atoms with Crippen molar-refractivity contribution in [2.75, 3.05) is 7.11 Å². The molecule has 4 heteroatoms.